The van der Waals surface area contributed by atoms with Gasteiger partial charge in [-0.25, -0.2) is 14.2 Å². The van der Waals surface area contributed by atoms with Crippen LogP contribution in [0.4, 0.5) is 4.39 Å². The topological polar surface area (TPSA) is 77.1 Å². The normalized spacial score (nSPS) is 14.5. The highest BCUT2D eigenvalue weighted by atomic mass is 19.1. The SMILES string of the molecule is CCc1ccc2c(c1)c1c3cccnc3oc(=O)c1n2Cc1ccc(C(=O)NCC2(C)CC2)cc1F. The molecular weight excluding hydrogens is 457 g/mol. The third kappa shape index (κ3) is 3.75. The largest absolute Gasteiger partial charge is 0.402 e. The summed E-state index contributed by atoms with van der Waals surface area (Å²) >= 11 is 0. The Bertz CT molecular complexity index is 1730. The minimum atomic E-state index is -0.518. The Kier molecular flexibility index (Phi) is 5.18. The van der Waals surface area contributed by atoms with E-state index < -0.39 is 11.4 Å². The van der Waals surface area contributed by atoms with Crippen molar-refractivity contribution < 1.29 is 13.6 Å². The number of rotatable bonds is 6. The first kappa shape index (κ1) is 22.5. The number of benzene rings is 2. The molecule has 36 heavy (non-hydrogen) atoms. The molecule has 6 nitrogen and oxygen atoms in total. The molecule has 1 fully saturated rings. The first-order valence-electron chi connectivity index (χ1n) is 12.3. The van der Waals surface area contributed by atoms with Gasteiger partial charge < -0.3 is 14.3 Å². The maximum atomic E-state index is 15.3. The highest BCUT2D eigenvalue weighted by Crippen LogP contribution is 2.44. The quantitative estimate of drug-likeness (QED) is 0.342. The van der Waals surface area contributed by atoms with Gasteiger partial charge in [0.15, 0.2) is 0 Å². The number of pyridine rings is 1. The van der Waals surface area contributed by atoms with Crippen LogP contribution in [0.15, 0.2) is 63.9 Å². The van der Waals surface area contributed by atoms with E-state index >= 15 is 4.39 Å². The number of carbonyl (C=O) groups is 1. The predicted octanol–water partition coefficient (Wildman–Crippen LogP) is 5.58. The molecule has 5 aromatic rings. The lowest BCUT2D eigenvalue weighted by molar-refractivity contribution is 0.0945. The van der Waals surface area contributed by atoms with Crippen molar-refractivity contribution in [1.82, 2.24) is 14.9 Å². The molecular formula is C29H26FN3O3. The molecule has 1 aliphatic rings. The van der Waals surface area contributed by atoms with Gasteiger partial charge in [-0.2, -0.15) is 0 Å². The molecule has 7 heteroatoms. The molecule has 3 heterocycles. The lowest BCUT2D eigenvalue weighted by Crippen LogP contribution is -2.29. The minimum Gasteiger partial charge on any atom is -0.402 e. The van der Waals surface area contributed by atoms with Crippen LogP contribution in [-0.4, -0.2) is 22.0 Å². The molecule has 1 N–H and O–H groups in total. The van der Waals surface area contributed by atoms with Gasteiger partial charge in [0, 0.05) is 45.5 Å². The Morgan fingerprint density at radius 1 is 1.17 bits per heavy atom. The number of halogens is 1. The maximum absolute atomic E-state index is 15.3. The highest BCUT2D eigenvalue weighted by Gasteiger charge is 2.37. The number of hydrogen-bond acceptors (Lipinski definition) is 4. The number of nitrogens with one attached hydrogen (secondary N) is 1. The van der Waals surface area contributed by atoms with Crippen LogP contribution < -0.4 is 10.9 Å². The van der Waals surface area contributed by atoms with Crippen molar-refractivity contribution in [3.8, 4) is 0 Å². The summed E-state index contributed by atoms with van der Waals surface area (Å²) in [5, 5.41) is 5.30. The van der Waals surface area contributed by atoms with Gasteiger partial charge in [-0.15, -0.1) is 0 Å². The van der Waals surface area contributed by atoms with Crippen molar-refractivity contribution in [3.05, 3.63) is 87.7 Å². The van der Waals surface area contributed by atoms with Crippen molar-refractivity contribution in [1.29, 1.82) is 0 Å². The third-order valence-corrected chi connectivity index (χ3v) is 7.38. The Hall–Kier alpha value is -4.00. The van der Waals surface area contributed by atoms with Gasteiger partial charge in [0.25, 0.3) is 5.91 Å². The lowest BCUT2D eigenvalue weighted by Gasteiger charge is -2.12. The minimum absolute atomic E-state index is 0.119. The molecule has 0 unspecified atom stereocenters. The van der Waals surface area contributed by atoms with E-state index in [-0.39, 0.29) is 29.1 Å². The zero-order chi connectivity index (χ0) is 25.0. The number of nitrogens with zero attached hydrogens (tertiary/aromatic N) is 2. The van der Waals surface area contributed by atoms with Crippen LogP contribution in [0, 0.1) is 11.2 Å². The molecule has 1 amide bonds. The molecule has 0 bridgehead atoms. The van der Waals surface area contributed by atoms with Crippen molar-refractivity contribution in [3.63, 3.8) is 0 Å². The highest BCUT2D eigenvalue weighted by molar-refractivity contribution is 6.18. The van der Waals surface area contributed by atoms with Crippen molar-refractivity contribution in [2.75, 3.05) is 6.54 Å². The Labute approximate surface area is 206 Å². The second-order valence-corrected chi connectivity index (χ2v) is 10.1. The summed E-state index contributed by atoms with van der Waals surface area (Å²) in [6.45, 7) is 4.91. The molecule has 0 radical (unpaired) electrons. The van der Waals surface area contributed by atoms with Crippen LogP contribution in [0.3, 0.4) is 0 Å². The average molecular weight is 484 g/mol. The summed E-state index contributed by atoms with van der Waals surface area (Å²) in [4.78, 5) is 29.9. The number of hydrogen-bond donors (Lipinski definition) is 1. The summed E-state index contributed by atoms with van der Waals surface area (Å²) in [6, 6.07) is 14.3. The zero-order valence-corrected chi connectivity index (χ0v) is 20.2. The van der Waals surface area contributed by atoms with E-state index in [1.165, 1.54) is 6.07 Å². The fourth-order valence-corrected chi connectivity index (χ4v) is 4.84. The molecule has 6 rings (SSSR count). The maximum Gasteiger partial charge on any atom is 0.362 e. The molecule has 1 saturated carbocycles. The van der Waals surface area contributed by atoms with E-state index in [2.05, 4.69) is 30.2 Å². The monoisotopic (exact) mass is 483 g/mol. The van der Waals surface area contributed by atoms with Crippen LogP contribution in [-0.2, 0) is 13.0 Å². The fourth-order valence-electron chi connectivity index (χ4n) is 4.84. The van der Waals surface area contributed by atoms with Crippen LogP contribution >= 0.6 is 0 Å². The van der Waals surface area contributed by atoms with Crippen molar-refractivity contribution in [2.45, 2.75) is 39.7 Å². The molecule has 0 aliphatic heterocycles. The second-order valence-electron chi connectivity index (χ2n) is 10.1. The van der Waals surface area contributed by atoms with Crippen LogP contribution in [0.1, 0.15) is 48.2 Å². The summed E-state index contributed by atoms with van der Waals surface area (Å²) in [7, 11) is 0. The van der Waals surface area contributed by atoms with E-state index in [1.54, 1.807) is 22.9 Å². The Balaban J connectivity index is 1.45. The number of carbonyl (C=O) groups excluding carboxylic acids is 1. The molecule has 0 atom stereocenters. The molecule has 0 spiro atoms. The fraction of sp³-hybridized carbons (Fsp3) is 0.276. The van der Waals surface area contributed by atoms with E-state index in [4.69, 9.17) is 4.42 Å². The molecule has 1 aliphatic carbocycles. The van der Waals surface area contributed by atoms with E-state index in [1.807, 2.05) is 24.3 Å². The van der Waals surface area contributed by atoms with Gasteiger partial charge in [0.2, 0.25) is 5.71 Å². The van der Waals surface area contributed by atoms with Gasteiger partial charge in [0.1, 0.15) is 11.3 Å². The van der Waals surface area contributed by atoms with Gasteiger partial charge >= 0.3 is 5.63 Å². The van der Waals surface area contributed by atoms with E-state index in [0.29, 0.717) is 17.6 Å². The predicted molar refractivity (Wildman–Crippen MR) is 138 cm³/mol. The molecule has 182 valence electrons. The number of aryl methyl sites for hydroxylation is 1. The van der Waals surface area contributed by atoms with Gasteiger partial charge in [-0.05, 0) is 66.6 Å². The number of aromatic nitrogens is 2. The Morgan fingerprint density at radius 3 is 2.75 bits per heavy atom. The smallest absolute Gasteiger partial charge is 0.362 e. The zero-order valence-electron chi connectivity index (χ0n) is 20.2. The van der Waals surface area contributed by atoms with E-state index in [9.17, 15) is 9.59 Å². The summed E-state index contributed by atoms with van der Waals surface area (Å²) in [5.41, 5.74) is 2.91. The summed E-state index contributed by atoms with van der Waals surface area (Å²) in [5.74, 6) is -0.774. The van der Waals surface area contributed by atoms with Gasteiger partial charge in [-0.1, -0.05) is 26.0 Å². The van der Waals surface area contributed by atoms with Gasteiger partial charge in [-0.3, -0.25) is 4.79 Å². The lowest BCUT2D eigenvalue weighted by atomic mass is 10.1. The first-order chi connectivity index (χ1) is 17.4. The summed E-state index contributed by atoms with van der Waals surface area (Å²) in [6.07, 6.45) is 4.63. The number of amides is 1. The van der Waals surface area contributed by atoms with Gasteiger partial charge in [0.05, 0.1) is 6.54 Å². The van der Waals surface area contributed by atoms with Crippen molar-refractivity contribution in [2.24, 2.45) is 5.41 Å². The summed E-state index contributed by atoms with van der Waals surface area (Å²) < 4.78 is 22.6. The van der Waals surface area contributed by atoms with Crippen LogP contribution in [0.2, 0.25) is 0 Å². The molecule has 2 aromatic carbocycles. The first-order valence-corrected chi connectivity index (χ1v) is 12.3. The standard InChI is InChI=1S/C29H26FN3O3/c1-3-17-6-9-23-21(13-17)24-20-5-4-12-31-27(20)36-28(35)25(24)33(23)15-19-8-7-18(14-22(19)30)26(34)32-16-29(2)10-11-29/h4-9,12-14H,3,10-11,15-16H2,1-2H3,(H,32,34). The molecule has 3 aromatic heterocycles. The number of fused-ring (bicyclic) bond motifs is 5. The second kappa shape index (κ2) is 8.29. The Morgan fingerprint density at radius 2 is 2.00 bits per heavy atom. The van der Waals surface area contributed by atoms with Crippen LogP contribution in [0.25, 0.3) is 32.9 Å². The average Bonchev–Trinajstić information content (AvgIpc) is 3.54. The van der Waals surface area contributed by atoms with E-state index in [0.717, 1.165) is 46.5 Å². The molecule has 0 saturated heterocycles. The van der Waals surface area contributed by atoms with Crippen molar-refractivity contribution >= 4 is 38.8 Å². The third-order valence-electron chi connectivity index (χ3n) is 7.38. The van der Waals surface area contributed by atoms with Crippen LogP contribution in [0.5, 0.6) is 0 Å².